The van der Waals surface area contributed by atoms with Crippen LogP contribution in [0.5, 0.6) is 17.2 Å². The molecule has 1 atom stereocenters. The second-order valence-electron chi connectivity index (χ2n) is 6.55. The molecule has 5 heteroatoms. The van der Waals surface area contributed by atoms with Gasteiger partial charge in [0.25, 0.3) is 0 Å². The molecule has 0 aliphatic carbocycles. The minimum Gasteiger partial charge on any atom is -0.505 e. The zero-order valence-corrected chi connectivity index (χ0v) is 13.8. The summed E-state index contributed by atoms with van der Waals surface area (Å²) in [5.41, 5.74) is 6.71. The first-order valence-electron chi connectivity index (χ1n) is 7.33. The van der Waals surface area contributed by atoms with Gasteiger partial charge < -0.3 is 25.8 Å². The van der Waals surface area contributed by atoms with Crippen molar-refractivity contribution < 1.29 is 20.1 Å². The number of ether oxygens (including phenoxy) is 1. The lowest BCUT2D eigenvalue weighted by Crippen LogP contribution is -2.14. The van der Waals surface area contributed by atoms with E-state index in [1.165, 1.54) is 0 Å². The van der Waals surface area contributed by atoms with Crippen LogP contribution < -0.4 is 10.5 Å². The SMILES string of the molecule is COc1ccc(C(O)c2cc(C(C)(C)C)c(O)c(N)c2O)cc1. The van der Waals surface area contributed by atoms with Gasteiger partial charge in [-0.25, -0.2) is 0 Å². The Morgan fingerprint density at radius 1 is 1.04 bits per heavy atom. The first kappa shape index (κ1) is 17.0. The summed E-state index contributed by atoms with van der Waals surface area (Å²) in [4.78, 5) is 0. The van der Waals surface area contributed by atoms with Crippen molar-refractivity contribution in [1.29, 1.82) is 0 Å². The van der Waals surface area contributed by atoms with Crippen LogP contribution in [-0.4, -0.2) is 22.4 Å². The summed E-state index contributed by atoms with van der Waals surface area (Å²) in [6.45, 7) is 5.76. The lowest BCUT2D eigenvalue weighted by Gasteiger charge is -2.24. The topological polar surface area (TPSA) is 95.9 Å². The number of hydrogen-bond acceptors (Lipinski definition) is 5. The van der Waals surface area contributed by atoms with Gasteiger partial charge in [0.2, 0.25) is 0 Å². The van der Waals surface area contributed by atoms with E-state index in [-0.39, 0.29) is 28.2 Å². The van der Waals surface area contributed by atoms with E-state index >= 15 is 0 Å². The van der Waals surface area contributed by atoms with Gasteiger partial charge in [-0.15, -0.1) is 0 Å². The Morgan fingerprint density at radius 3 is 2.09 bits per heavy atom. The molecule has 23 heavy (non-hydrogen) atoms. The highest BCUT2D eigenvalue weighted by Crippen LogP contribution is 2.44. The number of aromatic hydroxyl groups is 2. The molecule has 1 unspecified atom stereocenters. The van der Waals surface area contributed by atoms with Crippen molar-refractivity contribution in [2.45, 2.75) is 32.3 Å². The summed E-state index contributed by atoms with van der Waals surface area (Å²) >= 11 is 0. The molecule has 0 bridgehead atoms. The Hall–Kier alpha value is -2.40. The molecule has 0 aromatic heterocycles. The zero-order chi connectivity index (χ0) is 17.4. The maximum atomic E-state index is 10.6. The summed E-state index contributed by atoms with van der Waals surface area (Å²) in [5, 5.41) is 31.0. The van der Waals surface area contributed by atoms with E-state index < -0.39 is 6.10 Å². The standard InChI is InChI=1S/C18H23NO4/c1-18(2,3)13-9-12(16(21)14(19)17(13)22)15(20)10-5-7-11(23-4)8-6-10/h5-9,15,20-22H,19H2,1-4H3. The number of rotatable bonds is 3. The second-order valence-corrected chi connectivity index (χ2v) is 6.55. The molecule has 0 aliphatic rings. The van der Waals surface area contributed by atoms with Crippen molar-refractivity contribution in [2.24, 2.45) is 0 Å². The van der Waals surface area contributed by atoms with Crippen LogP contribution in [0.25, 0.3) is 0 Å². The zero-order valence-electron chi connectivity index (χ0n) is 13.8. The molecular formula is C18H23NO4. The Kier molecular flexibility index (Phi) is 4.43. The molecule has 0 spiro atoms. The molecule has 2 aromatic rings. The number of phenols is 2. The second kappa shape index (κ2) is 6.01. The molecule has 0 fully saturated rings. The van der Waals surface area contributed by atoms with Crippen LogP contribution in [0, 0.1) is 0 Å². The average Bonchev–Trinajstić information content (AvgIpc) is 2.51. The number of aliphatic hydroxyl groups excluding tert-OH is 1. The Labute approximate surface area is 136 Å². The maximum Gasteiger partial charge on any atom is 0.148 e. The number of aliphatic hydroxyl groups is 1. The minimum absolute atomic E-state index is 0.125. The van der Waals surface area contributed by atoms with Crippen LogP contribution in [0.1, 0.15) is 43.6 Å². The smallest absolute Gasteiger partial charge is 0.148 e. The third-order valence-electron chi connectivity index (χ3n) is 3.87. The highest BCUT2D eigenvalue weighted by atomic mass is 16.5. The Balaban J connectivity index is 2.55. The van der Waals surface area contributed by atoms with Crippen molar-refractivity contribution >= 4 is 5.69 Å². The summed E-state index contributed by atoms with van der Waals surface area (Å²) in [6.07, 6.45) is -1.06. The lowest BCUT2D eigenvalue weighted by molar-refractivity contribution is 0.215. The fourth-order valence-electron chi connectivity index (χ4n) is 2.45. The third-order valence-corrected chi connectivity index (χ3v) is 3.87. The van der Waals surface area contributed by atoms with Gasteiger partial charge in [-0.1, -0.05) is 32.9 Å². The van der Waals surface area contributed by atoms with Gasteiger partial charge >= 0.3 is 0 Å². The molecule has 0 radical (unpaired) electrons. The van der Waals surface area contributed by atoms with E-state index in [9.17, 15) is 15.3 Å². The van der Waals surface area contributed by atoms with Crippen molar-refractivity contribution in [3.63, 3.8) is 0 Å². The van der Waals surface area contributed by atoms with E-state index in [1.54, 1.807) is 37.4 Å². The van der Waals surface area contributed by atoms with Crippen molar-refractivity contribution in [3.8, 4) is 17.2 Å². The van der Waals surface area contributed by atoms with Crippen LogP contribution in [0.2, 0.25) is 0 Å². The highest BCUT2D eigenvalue weighted by molar-refractivity contribution is 5.69. The summed E-state index contributed by atoms with van der Waals surface area (Å²) in [7, 11) is 1.56. The summed E-state index contributed by atoms with van der Waals surface area (Å²) in [6, 6.07) is 8.47. The van der Waals surface area contributed by atoms with Crippen molar-refractivity contribution in [1.82, 2.24) is 0 Å². The number of phenolic OH excluding ortho intramolecular Hbond substituents is 2. The van der Waals surface area contributed by atoms with Crippen LogP contribution in [-0.2, 0) is 5.41 Å². The fraction of sp³-hybridized carbons (Fsp3) is 0.333. The Morgan fingerprint density at radius 2 is 1.61 bits per heavy atom. The van der Waals surface area contributed by atoms with Gasteiger partial charge in [0.1, 0.15) is 29.0 Å². The largest absolute Gasteiger partial charge is 0.505 e. The number of nitrogen functional groups attached to an aromatic ring is 1. The minimum atomic E-state index is -1.06. The first-order valence-corrected chi connectivity index (χ1v) is 7.33. The van der Waals surface area contributed by atoms with E-state index in [0.29, 0.717) is 16.9 Å². The molecule has 0 saturated heterocycles. The lowest BCUT2D eigenvalue weighted by atomic mass is 9.83. The molecular weight excluding hydrogens is 294 g/mol. The summed E-state index contributed by atoms with van der Waals surface area (Å²) in [5.74, 6) is 0.213. The molecule has 5 nitrogen and oxygen atoms in total. The van der Waals surface area contributed by atoms with E-state index in [4.69, 9.17) is 10.5 Å². The van der Waals surface area contributed by atoms with Gasteiger partial charge in [-0.2, -0.15) is 0 Å². The predicted molar refractivity (Wildman–Crippen MR) is 89.9 cm³/mol. The molecule has 5 N–H and O–H groups in total. The molecule has 124 valence electrons. The Bertz CT molecular complexity index is 702. The van der Waals surface area contributed by atoms with Crippen LogP contribution in [0.3, 0.4) is 0 Å². The number of methoxy groups -OCH3 is 1. The highest BCUT2D eigenvalue weighted by Gasteiger charge is 2.26. The van der Waals surface area contributed by atoms with Gasteiger partial charge in [0.05, 0.1) is 7.11 Å². The molecule has 2 aromatic carbocycles. The van der Waals surface area contributed by atoms with Gasteiger partial charge in [-0.3, -0.25) is 0 Å². The monoisotopic (exact) mass is 317 g/mol. The van der Waals surface area contributed by atoms with Crippen LogP contribution >= 0.6 is 0 Å². The molecule has 0 heterocycles. The molecule has 2 rings (SSSR count). The third kappa shape index (κ3) is 3.19. The summed E-state index contributed by atoms with van der Waals surface area (Å²) < 4.78 is 5.09. The number of anilines is 1. The van der Waals surface area contributed by atoms with Gasteiger partial charge in [0, 0.05) is 11.1 Å². The van der Waals surface area contributed by atoms with Crippen molar-refractivity contribution in [3.05, 3.63) is 47.0 Å². The predicted octanol–water partition coefficient (Wildman–Crippen LogP) is 3.07. The van der Waals surface area contributed by atoms with Crippen molar-refractivity contribution in [2.75, 3.05) is 12.8 Å². The first-order chi connectivity index (χ1) is 10.7. The maximum absolute atomic E-state index is 10.6. The van der Waals surface area contributed by atoms with Crippen LogP contribution in [0.4, 0.5) is 5.69 Å². The number of hydrogen-bond donors (Lipinski definition) is 4. The molecule has 0 saturated carbocycles. The van der Waals surface area contributed by atoms with Crippen LogP contribution in [0.15, 0.2) is 30.3 Å². The van der Waals surface area contributed by atoms with E-state index in [0.717, 1.165) is 0 Å². The van der Waals surface area contributed by atoms with E-state index in [1.807, 2.05) is 20.8 Å². The fourth-order valence-corrected chi connectivity index (χ4v) is 2.45. The van der Waals surface area contributed by atoms with E-state index in [2.05, 4.69) is 0 Å². The average molecular weight is 317 g/mol. The quantitative estimate of drug-likeness (QED) is 0.515. The number of benzene rings is 2. The molecule has 0 amide bonds. The van der Waals surface area contributed by atoms with Gasteiger partial charge in [-0.05, 0) is 29.2 Å². The molecule has 0 aliphatic heterocycles. The van der Waals surface area contributed by atoms with Gasteiger partial charge in [0.15, 0.2) is 0 Å². The normalized spacial score (nSPS) is 12.9. The number of nitrogens with two attached hydrogens (primary N) is 1.